The van der Waals surface area contributed by atoms with Gasteiger partial charge in [0.2, 0.25) is 6.79 Å². The fourth-order valence-electron chi connectivity index (χ4n) is 4.58. The molecular weight excluding hydrogens is 362 g/mol. The third-order valence-corrected chi connectivity index (χ3v) is 5.12. The predicted octanol–water partition coefficient (Wildman–Crippen LogP) is 5.97. The zero-order valence-corrected chi connectivity index (χ0v) is 18.5. The average molecular weight is 394 g/mol. The Morgan fingerprint density at radius 1 is 1.00 bits per heavy atom. The number of aryl methyl sites for hydroxylation is 2. The molecule has 2 aromatic heterocycles. The van der Waals surface area contributed by atoms with E-state index in [0.717, 1.165) is 46.3 Å². The van der Waals surface area contributed by atoms with E-state index in [1.165, 1.54) is 5.56 Å². The van der Waals surface area contributed by atoms with Gasteiger partial charge in [-0.25, -0.2) is 4.98 Å². The van der Waals surface area contributed by atoms with E-state index in [9.17, 15) is 0 Å². The lowest BCUT2D eigenvalue weighted by atomic mass is 9.82. The molecule has 1 aromatic carbocycles. The highest BCUT2D eigenvalue weighted by atomic mass is 16.7. The van der Waals surface area contributed by atoms with Gasteiger partial charge in [0, 0.05) is 16.8 Å². The van der Waals surface area contributed by atoms with E-state index in [0.29, 0.717) is 0 Å². The smallest absolute Gasteiger partial charge is 0.231 e. The van der Waals surface area contributed by atoms with Crippen LogP contribution in [0.15, 0.2) is 30.3 Å². The van der Waals surface area contributed by atoms with Gasteiger partial charge < -0.3 is 14.8 Å². The van der Waals surface area contributed by atoms with Crippen LogP contribution in [0.1, 0.15) is 52.3 Å². The summed E-state index contributed by atoms with van der Waals surface area (Å²) < 4.78 is 13.3. The summed E-state index contributed by atoms with van der Waals surface area (Å²) in [4.78, 5) is 5.01. The van der Waals surface area contributed by atoms with Gasteiger partial charge in [-0.2, -0.15) is 0 Å². The maximum atomic E-state index is 5.61. The van der Waals surface area contributed by atoms with Gasteiger partial charge in [0.1, 0.15) is 17.2 Å². The van der Waals surface area contributed by atoms with E-state index < -0.39 is 0 Å². The number of hydrogen-bond donors (Lipinski definition) is 1. The van der Waals surface area contributed by atoms with E-state index in [-0.39, 0.29) is 17.7 Å². The molecule has 0 amide bonds. The predicted molar refractivity (Wildman–Crippen MR) is 118 cm³/mol. The SMILES string of the molecule is Cc1cc(C)n2c(NC(C)(C)CC(C)(C)C)c(-c3ccc4c(c3)OCO4)nc2c1. The van der Waals surface area contributed by atoms with Gasteiger partial charge >= 0.3 is 0 Å². The third-order valence-electron chi connectivity index (χ3n) is 5.12. The summed E-state index contributed by atoms with van der Waals surface area (Å²) in [5, 5.41) is 3.82. The summed E-state index contributed by atoms with van der Waals surface area (Å²) in [5.74, 6) is 2.57. The summed E-state index contributed by atoms with van der Waals surface area (Å²) in [6, 6.07) is 10.4. The minimum Gasteiger partial charge on any atom is -0.454 e. The van der Waals surface area contributed by atoms with Crippen LogP contribution < -0.4 is 14.8 Å². The molecule has 4 rings (SSSR count). The summed E-state index contributed by atoms with van der Waals surface area (Å²) in [6.45, 7) is 15.8. The monoisotopic (exact) mass is 393 g/mol. The van der Waals surface area contributed by atoms with E-state index in [1.807, 2.05) is 12.1 Å². The lowest BCUT2D eigenvalue weighted by molar-refractivity contribution is 0.174. The van der Waals surface area contributed by atoms with Crippen molar-refractivity contribution in [3.8, 4) is 22.8 Å². The first-order chi connectivity index (χ1) is 13.5. The lowest BCUT2D eigenvalue weighted by Gasteiger charge is -2.34. The van der Waals surface area contributed by atoms with Crippen LogP contribution in [0.4, 0.5) is 5.82 Å². The second-order valence-corrected chi connectivity index (χ2v) is 9.99. The summed E-state index contributed by atoms with van der Waals surface area (Å²) >= 11 is 0. The number of rotatable bonds is 4. The summed E-state index contributed by atoms with van der Waals surface area (Å²) in [7, 11) is 0. The number of ether oxygens (including phenoxy) is 2. The Bertz CT molecular complexity index is 1070. The van der Waals surface area contributed by atoms with Crippen molar-refractivity contribution in [2.45, 2.75) is 60.4 Å². The van der Waals surface area contributed by atoms with Crippen molar-refractivity contribution in [3.63, 3.8) is 0 Å². The largest absolute Gasteiger partial charge is 0.454 e. The van der Waals surface area contributed by atoms with Crippen molar-refractivity contribution >= 4 is 11.5 Å². The Morgan fingerprint density at radius 3 is 2.45 bits per heavy atom. The number of hydrogen-bond acceptors (Lipinski definition) is 4. The van der Waals surface area contributed by atoms with Gasteiger partial charge in [-0.05, 0) is 75.4 Å². The number of benzene rings is 1. The molecule has 0 spiro atoms. The molecule has 0 atom stereocenters. The number of nitrogens with zero attached hydrogens (tertiary/aromatic N) is 2. The van der Waals surface area contributed by atoms with Crippen LogP contribution in [0.3, 0.4) is 0 Å². The highest BCUT2D eigenvalue weighted by Crippen LogP contribution is 2.40. The van der Waals surface area contributed by atoms with Crippen LogP contribution >= 0.6 is 0 Å². The first-order valence-corrected chi connectivity index (χ1v) is 10.2. The molecule has 0 saturated carbocycles. The quantitative estimate of drug-likeness (QED) is 0.593. The number of anilines is 1. The van der Waals surface area contributed by atoms with Crippen LogP contribution in [0.25, 0.3) is 16.9 Å². The molecule has 5 heteroatoms. The van der Waals surface area contributed by atoms with Crippen LogP contribution in [0.5, 0.6) is 11.5 Å². The highest BCUT2D eigenvalue weighted by Gasteiger charge is 2.29. The molecule has 0 radical (unpaired) electrons. The lowest BCUT2D eigenvalue weighted by Crippen LogP contribution is -2.36. The maximum absolute atomic E-state index is 5.61. The van der Waals surface area contributed by atoms with Crippen molar-refractivity contribution in [1.82, 2.24) is 9.38 Å². The second-order valence-electron chi connectivity index (χ2n) is 9.99. The van der Waals surface area contributed by atoms with Crippen molar-refractivity contribution in [2.24, 2.45) is 5.41 Å². The van der Waals surface area contributed by atoms with Gasteiger partial charge in [0.05, 0.1) is 0 Å². The molecule has 1 aliphatic rings. The molecule has 1 aliphatic heterocycles. The van der Waals surface area contributed by atoms with Gasteiger partial charge in [-0.1, -0.05) is 20.8 Å². The van der Waals surface area contributed by atoms with Gasteiger partial charge in [-0.3, -0.25) is 4.40 Å². The average Bonchev–Trinajstić information content (AvgIpc) is 3.15. The fourth-order valence-corrected chi connectivity index (χ4v) is 4.58. The highest BCUT2D eigenvalue weighted by molar-refractivity contribution is 5.79. The fraction of sp³-hybridized carbons (Fsp3) is 0.458. The number of imidazole rings is 1. The number of nitrogens with one attached hydrogen (secondary N) is 1. The molecule has 0 aliphatic carbocycles. The zero-order chi connectivity index (χ0) is 21.0. The molecule has 0 fully saturated rings. The Kier molecular flexibility index (Phi) is 4.52. The molecule has 5 nitrogen and oxygen atoms in total. The molecule has 0 unspecified atom stereocenters. The number of fused-ring (bicyclic) bond motifs is 2. The second kappa shape index (κ2) is 6.68. The topological polar surface area (TPSA) is 47.8 Å². The Hall–Kier alpha value is -2.69. The van der Waals surface area contributed by atoms with E-state index in [4.69, 9.17) is 14.5 Å². The van der Waals surface area contributed by atoms with Crippen molar-refractivity contribution in [1.29, 1.82) is 0 Å². The normalized spacial score (nSPS) is 13.9. The Morgan fingerprint density at radius 2 is 1.72 bits per heavy atom. The summed E-state index contributed by atoms with van der Waals surface area (Å²) in [5.41, 5.74) is 5.37. The van der Waals surface area contributed by atoms with Crippen molar-refractivity contribution < 1.29 is 9.47 Å². The zero-order valence-electron chi connectivity index (χ0n) is 18.5. The van der Waals surface area contributed by atoms with Crippen LogP contribution in [0, 0.1) is 19.3 Å². The Balaban J connectivity index is 1.88. The molecule has 154 valence electrons. The third kappa shape index (κ3) is 3.91. The van der Waals surface area contributed by atoms with Crippen LogP contribution in [-0.2, 0) is 0 Å². The molecule has 3 aromatic rings. The van der Waals surface area contributed by atoms with Gasteiger partial charge in [0.15, 0.2) is 11.5 Å². The van der Waals surface area contributed by atoms with E-state index in [1.54, 1.807) is 0 Å². The van der Waals surface area contributed by atoms with Crippen molar-refractivity contribution in [2.75, 3.05) is 12.1 Å². The first-order valence-electron chi connectivity index (χ1n) is 10.2. The molecule has 3 heterocycles. The van der Waals surface area contributed by atoms with E-state index in [2.05, 4.69) is 76.4 Å². The summed E-state index contributed by atoms with van der Waals surface area (Å²) in [6.07, 6.45) is 1.03. The first kappa shape index (κ1) is 19.6. The van der Waals surface area contributed by atoms with Crippen LogP contribution in [0.2, 0.25) is 0 Å². The minimum absolute atomic E-state index is 0.101. The minimum atomic E-state index is -0.101. The van der Waals surface area contributed by atoms with Gasteiger partial charge in [0.25, 0.3) is 0 Å². The Labute approximate surface area is 173 Å². The molecule has 0 bridgehead atoms. The van der Waals surface area contributed by atoms with E-state index >= 15 is 0 Å². The number of aromatic nitrogens is 2. The van der Waals surface area contributed by atoms with Crippen LogP contribution in [-0.4, -0.2) is 21.7 Å². The molecule has 29 heavy (non-hydrogen) atoms. The molecule has 1 N–H and O–H groups in total. The van der Waals surface area contributed by atoms with Crippen molar-refractivity contribution in [3.05, 3.63) is 41.6 Å². The molecule has 0 saturated heterocycles. The number of pyridine rings is 1. The van der Waals surface area contributed by atoms with Gasteiger partial charge in [-0.15, -0.1) is 0 Å². The maximum Gasteiger partial charge on any atom is 0.231 e. The molecular formula is C24H31N3O2. The standard InChI is InChI=1S/C24H31N3O2/c1-15-10-16(2)27-20(11-15)25-21(17-8-9-18-19(12-17)29-14-28-18)22(27)26-24(6,7)13-23(3,4)5/h8-12,26H,13-14H2,1-7H3.